The van der Waals surface area contributed by atoms with E-state index in [0.717, 1.165) is 30.1 Å². The third-order valence-corrected chi connectivity index (χ3v) is 4.07. The van der Waals surface area contributed by atoms with Crippen molar-refractivity contribution < 1.29 is 14.3 Å². The van der Waals surface area contributed by atoms with Crippen LogP contribution in [-0.4, -0.2) is 18.6 Å². The number of nitrogens with one attached hydrogen (secondary N) is 1. The molecule has 0 radical (unpaired) electrons. The third-order valence-electron chi connectivity index (χ3n) is 4.07. The Morgan fingerprint density at radius 2 is 1.77 bits per heavy atom. The number of hydrogen-bond donors (Lipinski definition) is 1. The van der Waals surface area contributed by atoms with E-state index >= 15 is 0 Å². The Balaban J connectivity index is 2.36. The van der Waals surface area contributed by atoms with Crippen LogP contribution in [-0.2, 0) is 11.3 Å². The van der Waals surface area contributed by atoms with Crippen molar-refractivity contribution in [1.29, 1.82) is 0 Å². The fraction of sp³-hybridized carbons (Fsp3) is 0.682. The first-order valence-electron chi connectivity index (χ1n) is 9.84. The summed E-state index contributed by atoms with van der Waals surface area (Å²) in [4.78, 5) is 12.0. The standard InChI is InChI=1S/C22H37NO3/c1-17(2)11-9-7-8-10-12-21(24)23-16-18-13-14-19(20(15-18)25-6)26-22(3,4)5/h13-15,17H,7-12,16H2,1-6H3,(H,23,24). The molecule has 148 valence electrons. The van der Waals surface area contributed by atoms with E-state index in [-0.39, 0.29) is 11.5 Å². The van der Waals surface area contributed by atoms with Crippen molar-refractivity contribution in [3.8, 4) is 11.5 Å². The molecule has 0 saturated heterocycles. The fourth-order valence-electron chi connectivity index (χ4n) is 2.72. The molecule has 1 aromatic rings. The molecule has 1 rings (SSSR count). The predicted molar refractivity (Wildman–Crippen MR) is 108 cm³/mol. The molecule has 0 saturated carbocycles. The Bertz CT molecular complexity index is 547. The highest BCUT2D eigenvalue weighted by molar-refractivity contribution is 5.75. The third kappa shape index (κ3) is 9.69. The lowest BCUT2D eigenvalue weighted by Gasteiger charge is -2.23. The highest BCUT2D eigenvalue weighted by atomic mass is 16.5. The molecule has 0 unspecified atom stereocenters. The van der Waals surface area contributed by atoms with Gasteiger partial charge in [0.2, 0.25) is 5.91 Å². The van der Waals surface area contributed by atoms with E-state index in [1.165, 1.54) is 19.3 Å². The number of carbonyl (C=O) groups is 1. The fourth-order valence-corrected chi connectivity index (χ4v) is 2.72. The van der Waals surface area contributed by atoms with Crippen LogP contribution < -0.4 is 14.8 Å². The van der Waals surface area contributed by atoms with Crippen LogP contribution in [0.1, 0.15) is 78.7 Å². The number of methoxy groups -OCH3 is 1. The Morgan fingerprint density at radius 1 is 1.08 bits per heavy atom. The van der Waals surface area contributed by atoms with Gasteiger partial charge in [-0.1, -0.05) is 45.6 Å². The first-order chi connectivity index (χ1) is 12.2. The molecule has 0 aromatic heterocycles. The maximum Gasteiger partial charge on any atom is 0.220 e. The van der Waals surface area contributed by atoms with E-state index in [0.29, 0.717) is 18.7 Å². The molecular formula is C22H37NO3. The molecule has 0 aliphatic carbocycles. The first kappa shape index (κ1) is 22.3. The quantitative estimate of drug-likeness (QED) is 0.529. The zero-order chi connectivity index (χ0) is 19.6. The van der Waals surface area contributed by atoms with Crippen molar-refractivity contribution in [2.45, 2.75) is 85.3 Å². The normalized spacial score (nSPS) is 11.5. The van der Waals surface area contributed by atoms with E-state index in [2.05, 4.69) is 19.2 Å². The van der Waals surface area contributed by atoms with Crippen LogP contribution >= 0.6 is 0 Å². The number of hydrogen-bond acceptors (Lipinski definition) is 3. The van der Waals surface area contributed by atoms with Gasteiger partial charge in [-0.3, -0.25) is 4.79 Å². The Morgan fingerprint density at radius 3 is 2.38 bits per heavy atom. The second-order valence-electron chi connectivity index (χ2n) is 8.32. The van der Waals surface area contributed by atoms with Crippen LogP contribution in [0.5, 0.6) is 11.5 Å². The molecule has 0 bridgehead atoms. The average molecular weight is 364 g/mol. The Kier molecular flexibility index (Phi) is 9.53. The second kappa shape index (κ2) is 11.1. The van der Waals surface area contributed by atoms with Gasteiger partial charge in [0.25, 0.3) is 0 Å². The van der Waals surface area contributed by atoms with Gasteiger partial charge in [0, 0.05) is 13.0 Å². The van der Waals surface area contributed by atoms with Crippen LogP contribution in [0.2, 0.25) is 0 Å². The topological polar surface area (TPSA) is 47.6 Å². The monoisotopic (exact) mass is 363 g/mol. The molecular weight excluding hydrogens is 326 g/mol. The lowest BCUT2D eigenvalue weighted by Crippen LogP contribution is -2.24. The minimum Gasteiger partial charge on any atom is -0.493 e. The van der Waals surface area contributed by atoms with E-state index < -0.39 is 0 Å². The van der Waals surface area contributed by atoms with Crippen molar-refractivity contribution in [1.82, 2.24) is 5.32 Å². The van der Waals surface area contributed by atoms with Gasteiger partial charge in [-0.15, -0.1) is 0 Å². The lowest BCUT2D eigenvalue weighted by molar-refractivity contribution is -0.121. The van der Waals surface area contributed by atoms with E-state index in [1.54, 1.807) is 7.11 Å². The Labute approximate surface area is 159 Å². The number of rotatable bonds is 11. The number of ether oxygens (including phenoxy) is 2. The molecule has 0 heterocycles. The van der Waals surface area contributed by atoms with Crippen molar-refractivity contribution in [2.24, 2.45) is 5.92 Å². The van der Waals surface area contributed by atoms with Gasteiger partial charge in [0.05, 0.1) is 7.11 Å². The Hall–Kier alpha value is -1.71. The van der Waals surface area contributed by atoms with E-state index in [1.807, 2.05) is 39.0 Å². The molecule has 1 amide bonds. The molecule has 4 heteroatoms. The summed E-state index contributed by atoms with van der Waals surface area (Å²) in [5.41, 5.74) is 0.728. The van der Waals surface area contributed by atoms with Gasteiger partial charge >= 0.3 is 0 Å². The molecule has 1 N–H and O–H groups in total. The van der Waals surface area contributed by atoms with Crippen LogP contribution in [0.3, 0.4) is 0 Å². The maximum absolute atomic E-state index is 12.0. The zero-order valence-electron chi connectivity index (χ0n) is 17.5. The zero-order valence-corrected chi connectivity index (χ0v) is 17.5. The summed E-state index contributed by atoms with van der Waals surface area (Å²) >= 11 is 0. The summed E-state index contributed by atoms with van der Waals surface area (Å²) in [6.45, 7) is 11.0. The highest BCUT2D eigenvalue weighted by Gasteiger charge is 2.15. The van der Waals surface area contributed by atoms with Gasteiger partial charge < -0.3 is 14.8 Å². The highest BCUT2D eigenvalue weighted by Crippen LogP contribution is 2.31. The van der Waals surface area contributed by atoms with E-state index in [4.69, 9.17) is 9.47 Å². The van der Waals surface area contributed by atoms with E-state index in [9.17, 15) is 4.79 Å². The van der Waals surface area contributed by atoms with Gasteiger partial charge in [-0.05, 0) is 50.8 Å². The molecule has 0 fully saturated rings. The van der Waals surface area contributed by atoms with Crippen LogP contribution in [0.15, 0.2) is 18.2 Å². The van der Waals surface area contributed by atoms with Crippen LogP contribution in [0.25, 0.3) is 0 Å². The maximum atomic E-state index is 12.0. The summed E-state index contributed by atoms with van der Waals surface area (Å²) in [6.07, 6.45) is 6.46. The molecule has 26 heavy (non-hydrogen) atoms. The number of amides is 1. The van der Waals surface area contributed by atoms with Crippen molar-refractivity contribution >= 4 is 5.91 Å². The van der Waals surface area contributed by atoms with Crippen molar-refractivity contribution in [3.05, 3.63) is 23.8 Å². The molecule has 1 aromatic carbocycles. The summed E-state index contributed by atoms with van der Waals surface area (Å²) in [5.74, 6) is 2.30. The smallest absolute Gasteiger partial charge is 0.220 e. The summed E-state index contributed by atoms with van der Waals surface area (Å²) in [5, 5.41) is 2.99. The van der Waals surface area contributed by atoms with Crippen LogP contribution in [0.4, 0.5) is 0 Å². The SMILES string of the molecule is COc1cc(CNC(=O)CCCCCCC(C)C)ccc1OC(C)(C)C. The minimum absolute atomic E-state index is 0.114. The van der Waals surface area contributed by atoms with Gasteiger partial charge in [0.1, 0.15) is 5.60 Å². The largest absolute Gasteiger partial charge is 0.493 e. The minimum atomic E-state index is -0.280. The van der Waals surface area contributed by atoms with Crippen molar-refractivity contribution in [3.63, 3.8) is 0 Å². The summed E-state index contributed by atoms with van der Waals surface area (Å²) in [7, 11) is 1.63. The van der Waals surface area contributed by atoms with Crippen molar-refractivity contribution in [2.75, 3.05) is 7.11 Å². The number of carbonyl (C=O) groups excluding carboxylic acids is 1. The molecule has 4 nitrogen and oxygen atoms in total. The predicted octanol–water partition coefficient (Wildman–Crippen LogP) is 5.49. The van der Waals surface area contributed by atoms with Gasteiger partial charge in [0.15, 0.2) is 11.5 Å². The summed E-state index contributed by atoms with van der Waals surface area (Å²) < 4.78 is 11.3. The number of unbranched alkanes of at least 4 members (excludes halogenated alkanes) is 3. The second-order valence-corrected chi connectivity index (χ2v) is 8.32. The van der Waals surface area contributed by atoms with Gasteiger partial charge in [-0.25, -0.2) is 0 Å². The van der Waals surface area contributed by atoms with Gasteiger partial charge in [-0.2, -0.15) is 0 Å². The molecule has 0 aliphatic rings. The first-order valence-corrected chi connectivity index (χ1v) is 9.84. The van der Waals surface area contributed by atoms with Crippen LogP contribution in [0, 0.1) is 5.92 Å². The molecule has 0 spiro atoms. The number of benzene rings is 1. The molecule has 0 aliphatic heterocycles. The lowest BCUT2D eigenvalue weighted by atomic mass is 10.0. The summed E-state index contributed by atoms with van der Waals surface area (Å²) in [6, 6.07) is 5.79. The molecule has 0 atom stereocenters. The average Bonchev–Trinajstić information content (AvgIpc) is 2.55.